The van der Waals surface area contributed by atoms with Crippen LogP contribution in [0.25, 0.3) is 0 Å². The highest BCUT2D eigenvalue weighted by Gasteiger charge is 2.36. The predicted molar refractivity (Wildman–Crippen MR) is 92.5 cm³/mol. The third kappa shape index (κ3) is 5.29. The summed E-state index contributed by atoms with van der Waals surface area (Å²) in [5.41, 5.74) is 5.38. The number of nitrogens with two attached hydrogens (primary N) is 1. The minimum Gasteiger partial charge on any atom is -0.355 e. The first kappa shape index (κ1) is 20.6. The highest BCUT2D eigenvalue weighted by Crippen LogP contribution is 2.25. The van der Waals surface area contributed by atoms with Crippen LogP contribution in [0.3, 0.4) is 0 Å². The van der Waals surface area contributed by atoms with Gasteiger partial charge < -0.3 is 11.1 Å². The molecule has 2 aliphatic rings. The normalized spacial score (nSPS) is 24.9. The Bertz CT molecular complexity index is 480. The van der Waals surface area contributed by atoms with Crippen molar-refractivity contribution < 1.29 is 13.2 Å². The lowest BCUT2D eigenvalue weighted by Gasteiger charge is -2.37. The van der Waals surface area contributed by atoms with Crippen LogP contribution in [0, 0.1) is 11.8 Å². The molecule has 1 unspecified atom stereocenters. The highest BCUT2D eigenvalue weighted by molar-refractivity contribution is 7.86. The Morgan fingerprint density at radius 3 is 2.43 bits per heavy atom. The second-order valence-electron chi connectivity index (χ2n) is 6.37. The van der Waals surface area contributed by atoms with Gasteiger partial charge in [-0.1, -0.05) is 6.92 Å². The van der Waals surface area contributed by atoms with Gasteiger partial charge in [0, 0.05) is 39.3 Å². The molecule has 0 aliphatic carbocycles. The van der Waals surface area contributed by atoms with E-state index in [1.165, 1.54) is 4.31 Å². The quantitative estimate of drug-likeness (QED) is 0.723. The number of nitrogens with one attached hydrogen (secondary N) is 1. The molecule has 0 aromatic rings. The standard InChI is InChI=1S/C14H28N4O3S.ClH/c1-12-4-9-17(10-5-12)22(20,21)18-8-2-3-13(11-18)14(19)16-7-6-15;/h12-13H,2-11,15H2,1H3,(H,16,19);1H. The molecule has 2 aliphatic heterocycles. The average Bonchev–Trinajstić information content (AvgIpc) is 2.53. The molecule has 7 nitrogen and oxygen atoms in total. The van der Waals surface area contributed by atoms with E-state index in [4.69, 9.17) is 5.73 Å². The van der Waals surface area contributed by atoms with Gasteiger partial charge in [0.25, 0.3) is 10.2 Å². The summed E-state index contributed by atoms with van der Waals surface area (Å²) in [4.78, 5) is 12.0. The lowest BCUT2D eigenvalue weighted by atomic mass is 9.99. The Morgan fingerprint density at radius 1 is 1.17 bits per heavy atom. The van der Waals surface area contributed by atoms with Crippen molar-refractivity contribution in [1.82, 2.24) is 13.9 Å². The number of halogens is 1. The molecule has 9 heteroatoms. The van der Waals surface area contributed by atoms with Crippen molar-refractivity contribution in [3.8, 4) is 0 Å². The van der Waals surface area contributed by atoms with Crippen LogP contribution in [0.15, 0.2) is 0 Å². The summed E-state index contributed by atoms with van der Waals surface area (Å²) in [5.74, 6) is 0.235. The van der Waals surface area contributed by atoms with Gasteiger partial charge in [0.2, 0.25) is 5.91 Å². The highest BCUT2D eigenvalue weighted by atomic mass is 35.5. The predicted octanol–water partition coefficient (Wildman–Crippen LogP) is 0.172. The van der Waals surface area contributed by atoms with E-state index in [1.54, 1.807) is 4.31 Å². The van der Waals surface area contributed by atoms with Crippen LogP contribution in [-0.2, 0) is 15.0 Å². The van der Waals surface area contributed by atoms with Crippen molar-refractivity contribution in [2.24, 2.45) is 17.6 Å². The third-order valence-electron chi connectivity index (χ3n) is 4.59. The summed E-state index contributed by atoms with van der Waals surface area (Å²) >= 11 is 0. The summed E-state index contributed by atoms with van der Waals surface area (Å²) in [6.07, 6.45) is 3.28. The summed E-state index contributed by atoms with van der Waals surface area (Å²) in [6, 6.07) is 0. The molecule has 0 saturated carbocycles. The van der Waals surface area contributed by atoms with E-state index in [-0.39, 0.29) is 30.8 Å². The zero-order valence-corrected chi connectivity index (χ0v) is 15.4. The van der Waals surface area contributed by atoms with Crippen LogP contribution in [0.5, 0.6) is 0 Å². The molecule has 0 radical (unpaired) electrons. The fourth-order valence-electron chi connectivity index (χ4n) is 3.08. The van der Waals surface area contributed by atoms with Gasteiger partial charge in [-0.25, -0.2) is 0 Å². The lowest BCUT2D eigenvalue weighted by molar-refractivity contribution is -0.126. The van der Waals surface area contributed by atoms with Gasteiger partial charge in [-0.05, 0) is 31.6 Å². The number of piperidine rings is 2. The van der Waals surface area contributed by atoms with Gasteiger partial charge in [-0.15, -0.1) is 12.4 Å². The fraction of sp³-hybridized carbons (Fsp3) is 0.929. The summed E-state index contributed by atoms with van der Waals surface area (Å²) in [7, 11) is -3.43. The molecular formula is C14H29ClN4O3S. The van der Waals surface area contributed by atoms with E-state index in [9.17, 15) is 13.2 Å². The fourth-order valence-corrected chi connectivity index (χ4v) is 4.81. The van der Waals surface area contributed by atoms with E-state index < -0.39 is 10.2 Å². The second-order valence-corrected chi connectivity index (χ2v) is 8.29. The van der Waals surface area contributed by atoms with Crippen molar-refractivity contribution >= 4 is 28.5 Å². The molecule has 2 saturated heterocycles. The number of carbonyl (C=O) groups is 1. The molecule has 1 amide bonds. The van der Waals surface area contributed by atoms with Crippen molar-refractivity contribution in [3.05, 3.63) is 0 Å². The molecule has 0 aromatic carbocycles. The molecule has 3 N–H and O–H groups in total. The van der Waals surface area contributed by atoms with E-state index in [0.717, 1.165) is 25.7 Å². The molecule has 0 bridgehead atoms. The minimum atomic E-state index is -3.43. The van der Waals surface area contributed by atoms with Gasteiger partial charge in [-0.2, -0.15) is 17.0 Å². The molecule has 2 rings (SSSR count). The maximum absolute atomic E-state index is 12.7. The second kappa shape index (κ2) is 9.17. The number of hydrogen-bond acceptors (Lipinski definition) is 4. The van der Waals surface area contributed by atoms with Crippen LogP contribution in [0.1, 0.15) is 32.6 Å². The first-order chi connectivity index (χ1) is 10.4. The third-order valence-corrected chi connectivity index (χ3v) is 6.60. The van der Waals surface area contributed by atoms with Gasteiger partial charge in [0.15, 0.2) is 0 Å². The molecule has 23 heavy (non-hydrogen) atoms. The zero-order valence-electron chi connectivity index (χ0n) is 13.7. The van der Waals surface area contributed by atoms with Gasteiger partial charge in [0.1, 0.15) is 0 Å². The number of nitrogens with zero attached hydrogens (tertiary/aromatic N) is 2. The number of carbonyl (C=O) groups excluding carboxylic acids is 1. The topological polar surface area (TPSA) is 95.7 Å². The SMILES string of the molecule is CC1CCN(S(=O)(=O)N2CCCC(C(=O)NCCN)C2)CC1.Cl. The number of amides is 1. The summed E-state index contributed by atoms with van der Waals surface area (Å²) in [6.45, 7) is 4.95. The van der Waals surface area contributed by atoms with Crippen molar-refractivity contribution in [2.75, 3.05) is 39.3 Å². The largest absolute Gasteiger partial charge is 0.355 e. The minimum absolute atomic E-state index is 0. The van der Waals surface area contributed by atoms with Crippen LogP contribution < -0.4 is 11.1 Å². The lowest BCUT2D eigenvalue weighted by Crippen LogP contribution is -2.52. The van der Waals surface area contributed by atoms with Crippen molar-refractivity contribution in [2.45, 2.75) is 32.6 Å². The average molecular weight is 369 g/mol. The number of hydrogen-bond donors (Lipinski definition) is 2. The van der Waals surface area contributed by atoms with E-state index >= 15 is 0 Å². The Balaban J connectivity index is 0.00000264. The van der Waals surface area contributed by atoms with E-state index in [1.807, 2.05) is 0 Å². The van der Waals surface area contributed by atoms with Crippen LogP contribution >= 0.6 is 12.4 Å². The maximum Gasteiger partial charge on any atom is 0.281 e. The molecule has 0 spiro atoms. The van der Waals surface area contributed by atoms with E-state index in [2.05, 4.69) is 12.2 Å². The van der Waals surface area contributed by atoms with Gasteiger partial charge in [0.05, 0.1) is 5.92 Å². The Morgan fingerprint density at radius 2 is 1.83 bits per heavy atom. The molecule has 0 aromatic heterocycles. The molecule has 136 valence electrons. The monoisotopic (exact) mass is 368 g/mol. The molecular weight excluding hydrogens is 340 g/mol. The number of rotatable bonds is 5. The van der Waals surface area contributed by atoms with Crippen molar-refractivity contribution in [3.63, 3.8) is 0 Å². The van der Waals surface area contributed by atoms with Crippen LogP contribution in [0.2, 0.25) is 0 Å². The smallest absolute Gasteiger partial charge is 0.281 e. The van der Waals surface area contributed by atoms with Gasteiger partial charge >= 0.3 is 0 Å². The molecule has 1 atom stereocenters. The molecule has 2 heterocycles. The summed E-state index contributed by atoms with van der Waals surface area (Å²) in [5, 5.41) is 2.76. The van der Waals surface area contributed by atoms with Crippen LogP contribution in [-0.4, -0.2) is 62.2 Å². The Hall–Kier alpha value is -0.410. The van der Waals surface area contributed by atoms with Gasteiger partial charge in [-0.3, -0.25) is 4.79 Å². The Kier molecular flexibility index (Phi) is 8.23. The van der Waals surface area contributed by atoms with E-state index in [0.29, 0.717) is 38.6 Å². The van der Waals surface area contributed by atoms with Crippen LogP contribution in [0.4, 0.5) is 0 Å². The van der Waals surface area contributed by atoms with Crippen molar-refractivity contribution in [1.29, 1.82) is 0 Å². The first-order valence-corrected chi connectivity index (χ1v) is 9.58. The Labute approximate surface area is 145 Å². The molecule has 2 fully saturated rings. The summed E-state index contributed by atoms with van der Waals surface area (Å²) < 4.78 is 28.5. The zero-order chi connectivity index (χ0) is 16.2. The maximum atomic E-state index is 12.7. The first-order valence-electron chi connectivity index (χ1n) is 8.18.